The number of nitro benzene ring substituents is 1. The molecular weight excluding hydrogens is 267 g/mol. The fourth-order valence-electron chi connectivity index (χ4n) is 1.73. The summed E-state index contributed by atoms with van der Waals surface area (Å²) in [6.45, 7) is 2.61. The van der Waals surface area contributed by atoms with Crippen molar-refractivity contribution < 1.29 is 19.2 Å². The summed E-state index contributed by atoms with van der Waals surface area (Å²) in [4.78, 5) is 9.98. The molecule has 2 N–H and O–H groups in total. The summed E-state index contributed by atoms with van der Waals surface area (Å²) < 4.78 is 18.1. The molecule has 6 nitrogen and oxygen atoms in total. The zero-order valence-electron chi connectivity index (χ0n) is 11.6. The second-order valence-electron chi connectivity index (χ2n) is 4.92. The Morgan fingerprint density at radius 1 is 1.50 bits per heavy atom. The minimum Gasteiger partial charge on any atom is -0.389 e. The van der Waals surface area contributed by atoms with Crippen LogP contribution in [-0.4, -0.2) is 35.9 Å². The van der Waals surface area contributed by atoms with Crippen LogP contribution in [0.15, 0.2) is 18.2 Å². The Morgan fingerprint density at radius 2 is 2.20 bits per heavy atom. The van der Waals surface area contributed by atoms with E-state index in [4.69, 9.17) is 4.74 Å². The van der Waals surface area contributed by atoms with Crippen molar-refractivity contribution in [3.63, 3.8) is 0 Å². The van der Waals surface area contributed by atoms with Crippen LogP contribution in [0, 0.1) is 15.9 Å². The van der Waals surface area contributed by atoms with Crippen LogP contribution < -0.4 is 5.32 Å². The molecule has 0 radical (unpaired) electrons. The first-order chi connectivity index (χ1) is 9.34. The molecule has 1 aromatic carbocycles. The van der Waals surface area contributed by atoms with Crippen LogP contribution >= 0.6 is 0 Å². The second kappa shape index (κ2) is 7.28. The van der Waals surface area contributed by atoms with Crippen LogP contribution in [0.5, 0.6) is 0 Å². The van der Waals surface area contributed by atoms with Gasteiger partial charge in [-0.25, -0.2) is 4.39 Å². The Morgan fingerprint density at radius 3 is 2.80 bits per heavy atom. The molecule has 1 rings (SSSR count). The molecule has 7 heteroatoms. The van der Waals surface area contributed by atoms with E-state index in [-0.39, 0.29) is 18.8 Å². The third kappa shape index (κ3) is 5.60. The van der Waals surface area contributed by atoms with Gasteiger partial charge in [0, 0.05) is 39.3 Å². The molecule has 0 amide bonds. The number of hydrogen-bond acceptors (Lipinski definition) is 5. The van der Waals surface area contributed by atoms with Gasteiger partial charge in [-0.1, -0.05) is 0 Å². The lowest BCUT2D eigenvalue weighted by Gasteiger charge is -2.23. The van der Waals surface area contributed by atoms with Crippen LogP contribution in [0.25, 0.3) is 0 Å². The molecule has 1 atom stereocenters. The number of aliphatic hydroxyl groups is 1. The van der Waals surface area contributed by atoms with E-state index in [0.29, 0.717) is 18.6 Å². The predicted molar refractivity (Wildman–Crippen MR) is 71.9 cm³/mol. The van der Waals surface area contributed by atoms with Gasteiger partial charge in [0.15, 0.2) is 0 Å². The number of nitrogens with zero attached hydrogens (tertiary/aromatic N) is 1. The summed E-state index contributed by atoms with van der Waals surface area (Å²) >= 11 is 0. The maximum Gasteiger partial charge on any atom is 0.272 e. The highest BCUT2D eigenvalue weighted by Crippen LogP contribution is 2.16. The average molecular weight is 286 g/mol. The highest BCUT2D eigenvalue weighted by Gasteiger charge is 2.19. The summed E-state index contributed by atoms with van der Waals surface area (Å²) in [5.74, 6) is -0.651. The number of nitro groups is 1. The minimum absolute atomic E-state index is 0.238. The fraction of sp³-hybridized carbons (Fsp3) is 0.538. The van der Waals surface area contributed by atoms with Crippen molar-refractivity contribution in [1.82, 2.24) is 5.32 Å². The number of benzene rings is 1. The Balaban J connectivity index is 2.55. The molecule has 0 aliphatic heterocycles. The number of methoxy groups -OCH3 is 1. The van der Waals surface area contributed by atoms with Gasteiger partial charge in [-0.05, 0) is 18.6 Å². The number of non-ortho nitro benzene ring substituents is 1. The first-order valence-electron chi connectivity index (χ1n) is 6.20. The van der Waals surface area contributed by atoms with Crippen molar-refractivity contribution in [2.75, 3.05) is 20.3 Å². The van der Waals surface area contributed by atoms with Crippen molar-refractivity contribution >= 4 is 5.69 Å². The Kier molecular flexibility index (Phi) is 6.00. The second-order valence-corrected chi connectivity index (χ2v) is 4.92. The summed E-state index contributed by atoms with van der Waals surface area (Å²) in [6.07, 6.45) is 0.458. The fourth-order valence-corrected chi connectivity index (χ4v) is 1.73. The van der Waals surface area contributed by atoms with Gasteiger partial charge in [-0.15, -0.1) is 0 Å². The molecule has 1 unspecified atom stereocenters. The number of nitrogens with one attached hydrogen (secondary N) is 1. The van der Waals surface area contributed by atoms with Crippen molar-refractivity contribution in [2.24, 2.45) is 0 Å². The van der Waals surface area contributed by atoms with Crippen molar-refractivity contribution in [3.8, 4) is 0 Å². The SMILES string of the molecule is COCCC(C)(O)CNCc1cc(F)cc([N+](=O)[O-])c1. The van der Waals surface area contributed by atoms with Gasteiger partial charge in [-0.2, -0.15) is 0 Å². The maximum absolute atomic E-state index is 13.2. The minimum atomic E-state index is -0.949. The van der Waals surface area contributed by atoms with Gasteiger partial charge in [0.05, 0.1) is 16.6 Å². The molecule has 112 valence electrons. The third-order valence-corrected chi connectivity index (χ3v) is 2.83. The molecule has 20 heavy (non-hydrogen) atoms. The van der Waals surface area contributed by atoms with E-state index in [0.717, 1.165) is 6.07 Å². The average Bonchev–Trinajstić information content (AvgIpc) is 2.35. The third-order valence-electron chi connectivity index (χ3n) is 2.83. The first kappa shape index (κ1) is 16.5. The van der Waals surface area contributed by atoms with Crippen LogP contribution in [0.4, 0.5) is 10.1 Å². The van der Waals surface area contributed by atoms with Crippen molar-refractivity contribution in [2.45, 2.75) is 25.5 Å². The van der Waals surface area contributed by atoms with Gasteiger partial charge < -0.3 is 15.2 Å². The normalized spacial score (nSPS) is 14.0. The van der Waals surface area contributed by atoms with E-state index in [1.165, 1.54) is 12.1 Å². The summed E-state index contributed by atoms with van der Waals surface area (Å²) in [5.41, 5.74) is -0.776. The lowest BCUT2D eigenvalue weighted by molar-refractivity contribution is -0.385. The number of hydrogen-bond donors (Lipinski definition) is 2. The molecule has 0 aliphatic rings. The number of ether oxygens (including phenoxy) is 1. The molecule has 0 aromatic heterocycles. The molecule has 0 fully saturated rings. The first-order valence-corrected chi connectivity index (χ1v) is 6.20. The topological polar surface area (TPSA) is 84.6 Å². The van der Waals surface area contributed by atoms with Crippen LogP contribution in [0.2, 0.25) is 0 Å². The van der Waals surface area contributed by atoms with E-state index in [9.17, 15) is 19.6 Å². The Hall–Kier alpha value is -1.57. The smallest absolute Gasteiger partial charge is 0.272 e. The van der Waals surface area contributed by atoms with Crippen molar-refractivity contribution in [1.29, 1.82) is 0 Å². The molecule has 0 bridgehead atoms. The van der Waals surface area contributed by atoms with Gasteiger partial charge in [0.2, 0.25) is 0 Å². The molecule has 0 aliphatic carbocycles. The predicted octanol–water partition coefficient (Wildman–Crippen LogP) is 1.61. The van der Waals surface area contributed by atoms with E-state index in [2.05, 4.69) is 5.32 Å². The zero-order chi connectivity index (χ0) is 15.2. The summed E-state index contributed by atoms with van der Waals surface area (Å²) in [7, 11) is 1.55. The monoisotopic (exact) mass is 286 g/mol. The molecule has 1 aromatic rings. The summed E-state index contributed by atoms with van der Waals surface area (Å²) in [5, 5.41) is 23.6. The van der Waals surface area contributed by atoms with Gasteiger partial charge in [0.25, 0.3) is 5.69 Å². The van der Waals surface area contributed by atoms with Gasteiger partial charge >= 0.3 is 0 Å². The Labute approximate surface area is 116 Å². The lowest BCUT2D eigenvalue weighted by atomic mass is 10.0. The molecule has 0 saturated carbocycles. The molecular formula is C13H19FN2O4. The van der Waals surface area contributed by atoms with Gasteiger partial charge in [-0.3, -0.25) is 10.1 Å². The quantitative estimate of drug-likeness (QED) is 0.560. The summed E-state index contributed by atoms with van der Waals surface area (Å²) in [6, 6.07) is 3.40. The van der Waals surface area contributed by atoms with Crippen LogP contribution in [0.3, 0.4) is 0 Å². The van der Waals surface area contributed by atoms with Gasteiger partial charge in [0.1, 0.15) is 5.82 Å². The number of rotatable bonds is 8. The highest BCUT2D eigenvalue weighted by atomic mass is 19.1. The van der Waals surface area contributed by atoms with E-state index in [1.54, 1.807) is 14.0 Å². The van der Waals surface area contributed by atoms with E-state index >= 15 is 0 Å². The van der Waals surface area contributed by atoms with Crippen LogP contribution in [-0.2, 0) is 11.3 Å². The maximum atomic E-state index is 13.2. The highest BCUT2D eigenvalue weighted by molar-refractivity contribution is 5.35. The molecule has 0 spiro atoms. The largest absolute Gasteiger partial charge is 0.389 e. The Bertz CT molecular complexity index is 466. The molecule has 0 saturated heterocycles. The van der Waals surface area contributed by atoms with E-state index in [1.807, 2.05) is 0 Å². The molecule has 0 heterocycles. The van der Waals surface area contributed by atoms with Crippen LogP contribution in [0.1, 0.15) is 18.9 Å². The number of halogens is 1. The standard InChI is InChI=1S/C13H19FN2O4/c1-13(17,3-4-20-2)9-15-8-10-5-11(14)7-12(6-10)16(18)19/h5-7,15,17H,3-4,8-9H2,1-2H3. The zero-order valence-corrected chi connectivity index (χ0v) is 11.6. The van der Waals surface area contributed by atoms with E-state index < -0.39 is 16.3 Å². The lowest BCUT2D eigenvalue weighted by Crippen LogP contribution is -2.38. The van der Waals surface area contributed by atoms with Crippen molar-refractivity contribution in [3.05, 3.63) is 39.7 Å².